The van der Waals surface area contributed by atoms with Crippen LogP contribution in [0.3, 0.4) is 0 Å². The number of Topliss-reactive ketones (excluding diaryl/α,β-unsaturated/α-hetero) is 1. The molecular weight excluding hydrogens is 366 g/mol. The summed E-state index contributed by atoms with van der Waals surface area (Å²) in [4.78, 5) is 27.3. The van der Waals surface area contributed by atoms with Crippen molar-refractivity contribution in [2.45, 2.75) is 39.2 Å². The molecule has 0 saturated carbocycles. The Hall–Kier alpha value is -3.08. The van der Waals surface area contributed by atoms with Crippen LogP contribution in [0.4, 0.5) is 0 Å². The van der Waals surface area contributed by atoms with Crippen molar-refractivity contribution in [3.63, 3.8) is 0 Å². The van der Waals surface area contributed by atoms with Gasteiger partial charge in [-0.05, 0) is 42.7 Å². The number of nitrogens with zero attached hydrogens (tertiary/aromatic N) is 1. The smallest absolute Gasteiger partial charge is 0.295 e. The fourth-order valence-electron chi connectivity index (χ4n) is 3.81. The van der Waals surface area contributed by atoms with E-state index in [4.69, 9.17) is 4.74 Å². The lowest BCUT2D eigenvalue weighted by atomic mass is 9.94. The van der Waals surface area contributed by atoms with Gasteiger partial charge in [-0.25, -0.2) is 0 Å². The third-order valence-electron chi connectivity index (χ3n) is 5.33. The molecule has 0 aliphatic carbocycles. The van der Waals surface area contributed by atoms with Gasteiger partial charge in [-0.3, -0.25) is 9.59 Å². The molecule has 1 aliphatic heterocycles. The summed E-state index contributed by atoms with van der Waals surface area (Å²) in [7, 11) is 1.58. The van der Waals surface area contributed by atoms with Crippen molar-refractivity contribution >= 4 is 17.4 Å². The van der Waals surface area contributed by atoms with Gasteiger partial charge in [0.2, 0.25) is 0 Å². The topological polar surface area (TPSA) is 66.8 Å². The molecule has 5 nitrogen and oxygen atoms in total. The Morgan fingerprint density at radius 1 is 1.10 bits per heavy atom. The number of benzene rings is 2. The molecule has 1 fully saturated rings. The van der Waals surface area contributed by atoms with E-state index in [1.807, 2.05) is 37.3 Å². The zero-order chi connectivity index (χ0) is 21.0. The average Bonchev–Trinajstić information content (AvgIpc) is 2.99. The van der Waals surface area contributed by atoms with E-state index >= 15 is 0 Å². The number of likely N-dealkylation sites (tertiary alicyclic amines) is 1. The van der Waals surface area contributed by atoms with Crippen LogP contribution in [0.25, 0.3) is 5.76 Å². The highest BCUT2D eigenvalue weighted by atomic mass is 16.5. The molecule has 1 unspecified atom stereocenters. The number of aliphatic hydroxyl groups is 1. The van der Waals surface area contributed by atoms with Crippen LogP contribution in [-0.4, -0.2) is 35.4 Å². The molecule has 152 valence electrons. The Morgan fingerprint density at radius 2 is 1.83 bits per heavy atom. The molecule has 1 heterocycles. The second kappa shape index (κ2) is 8.95. The predicted molar refractivity (Wildman–Crippen MR) is 113 cm³/mol. The lowest BCUT2D eigenvalue weighted by Gasteiger charge is -2.25. The number of unbranched alkanes of at least 4 members (excludes halogenated alkanes) is 2. The fourth-order valence-corrected chi connectivity index (χ4v) is 3.81. The summed E-state index contributed by atoms with van der Waals surface area (Å²) in [5, 5.41) is 11.1. The first-order chi connectivity index (χ1) is 14.0. The maximum absolute atomic E-state index is 12.9. The molecular formula is C24H27NO4. The average molecular weight is 393 g/mol. The highest BCUT2D eigenvalue weighted by Gasteiger charge is 2.45. The van der Waals surface area contributed by atoms with E-state index in [1.54, 1.807) is 30.2 Å². The number of rotatable bonds is 7. The summed E-state index contributed by atoms with van der Waals surface area (Å²) >= 11 is 0. The Balaban J connectivity index is 2.11. The molecule has 1 aliphatic rings. The van der Waals surface area contributed by atoms with E-state index in [0.29, 0.717) is 17.9 Å². The van der Waals surface area contributed by atoms with Gasteiger partial charge in [-0.15, -0.1) is 0 Å². The third-order valence-corrected chi connectivity index (χ3v) is 5.33. The van der Waals surface area contributed by atoms with Crippen molar-refractivity contribution in [1.29, 1.82) is 0 Å². The van der Waals surface area contributed by atoms with Crippen molar-refractivity contribution in [3.05, 3.63) is 70.8 Å². The van der Waals surface area contributed by atoms with Crippen molar-refractivity contribution in [2.75, 3.05) is 13.7 Å². The third kappa shape index (κ3) is 4.04. The Morgan fingerprint density at radius 3 is 2.45 bits per heavy atom. The first kappa shape index (κ1) is 20.6. The number of carbonyl (C=O) groups excluding carboxylic acids is 2. The summed E-state index contributed by atoms with van der Waals surface area (Å²) < 4.78 is 5.28. The quantitative estimate of drug-likeness (QED) is 0.323. The monoisotopic (exact) mass is 393 g/mol. The minimum atomic E-state index is -0.638. The van der Waals surface area contributed by atoms with Gasteiger partial charge in [-0.2, -0.15) is 0 Å². The maximum Gasteiger partial charge on any atom is 0.295 e. The Kier molecular flexibility index (Phi) is 6.37. The van der Waals surface area contributed by atoms with Crippen LogP contribution in [0.1, 0.15) is 48.9 Å². The van der Waals surface area contributed by atoms with Gasteiger partial charge in [0.1, 0.15) is 11.5 Å². The maximum atomic E-state index is 12.9. The van der Waals surface area contributed by atoms with Gasteiger partial charge in [-0.1, -0.05) is 50.1 Å². The van der Waals surface area contributed by atoms with Crippen molar-refractivity contribution in [1.82, 2.24) is 4.90 Å². The minimum Gasteiger partial charge on any atom is -0.507 e. The highest BCUT2D eigenvalue weighted by Crippen LogP contribution is 2.39. The fraction of sp³-hybridized carbons (Fsp3) is 0.333. The minimum absolute atomic E-state index is 0.141. The van der Waals surface area contributed by atoms with Gasteiger partial charge in [0.05, 0.1) is 18.7 Å². The van der Waals surface area contributed by atoms with E-state index in [-0.39, 0.29) is 11.3 Å². The molecule has 0 bridgehead atoms. The normalized spacial score (nSPS) is 18.3. The van der Waals surface area contributed by atoms with Gasteiger partial charge in [0.15, 0.2) is 0 Å². The standard InChI is InChI=1S/C24H27NO4/c1-4-5-9-14-25-21(17-10-7-6-8-11-17)20(23(27)24(25)28)22(26)18-12-13-19(29-3)16(2)15-18/h6-8,10-13,15,21,26H,4-5,9,14H2,1-3H3/b22-20-. The van der Waals surface area contributed by atoms with Gasteiger partial charge in [0, 0.05) is 12.1 Å². The van der Waals surface area contributed by atoms with Crippen LogP contribution in [0.2, 0.25) is 0 Å². The number of aryl methyl sites for hydroxylation is 1. The number of carbonyl (C=O) groups is 2. The predicted octanol–water partition coefficient (Wildman–Crippen LogP) is 4.62. The summed E-state index contributed by atoms with van der Waals surface area (Å²) in [5.41, 5.74) is 2.29. The Bertz CT molecular complexity index is 933. The first-order valence-corrected chi connectivity index (χ1v) is 9.98. The van der Waals surface area contributed by atoms with E-state index < -0.39 is 17.7 Å². The second-order valence-corrected chi connectivity index (χ2v) is 7.29. The second-order valence-electron chi connectivity index (χ2n) is 7.29. The number of methoxy groups -OCH3 is 1. The van der Waals surface area contributed by atoms with Gasteiger partial charge in [0.25, 0.3) is 11.7 Å². The molecule has 1 atom stereocenters. The molecule has 0 radical (unpaired) electrons. The SMILES string of the molecule is CCCCCN1C(=O)C(=O)/C(=C(\O)c2ccc(OC)c(C)c2)C1c1ccccc1. The number of hydrogen-bond donors (Lipinski definition) is 1. The first-order valence-electron chi connectivity index (χ1n) is 9.98. The molecule has 3 rings (SSSR count). The molecule has 1 N–H and O–H groups in total. The van der Waals surface area contributed by atoms with Crippen molar-refractivity contribution in [2.24, 2.45) is 0 Å². The summed E-state index contributed by atoms with van der Waals surface area (Å²) in [6.07, 6.45) is 2.81. The number of ether oxygens (including phenoxy) is 1. The number of ketones is 1. The molecule has 5 heteroatoms. The van der Waals surface area contributed by atoms with E-state index in [9.17, 15) is 14.7 Å². The van der Waals surface area contributed by atoms with Crippen molar-refractivity contribution in [3.8, 4) is 5.75 Å². The number of amides is 1. The summed E-state index contributed by atoms with van der Waals surface area (Å²) in [6.45, 7) is 4.44. The molecule has 0 aromatic heterocycles. The molecule has 2 aromatic rings. The van der Waals surface area contributed by atoms with Crippen LogP contribution >= 0.6 is 0 Å². The zero-order valence-corrected chi connectivity index (χ0v) is 17.1. The summed E-state index contributed by atoms with van der Waals surface area (Å²) in [6, 6.07) is 14.0. The van der Waals surface area contributed by atoms with Gasteiger partial charge >= 0.3 is 0 Å². The van der Waals surface area contributed by atoms with E-state index in [2.05, 4.69) is 6.92 Å². The van der Waals surface area contributed by atoms with Crippen LogP contribution in [0.15, 0.2) is 54.1 Å². The molecule has 1 saturated heterocycles. The lowest BCUT2D eigenvalue weighted by Crippen LogP contribution is -2.30. The van der Waals surface area contributed by atoms with E-state index in [0.717, 1.165) is 30.4 Å². The van der Waals surface area contributed by atoms with Crippen LogP contribution in [0, 0.1) is 6.92 Å². The Labute approximate surface area is 171 Å². The lowest BCUT2D eigenvalue weighted by molar-refractivity contribution is -0.139. The van der Waals surface area contributed by atoms with Crippen LogP contribution in [0.5, 0.6) is 5.75 Å². The molecule has 1 amide bonds. The van der Waals surface area contributed by atoms with E-state index in [1.165, 1.54) is 0 Å². The molecule has 2 aromatic carbocycles. The van der Waals surface area contributed by atoms with Gasteiger partial charge < -0.3 is 14.7 Å². The number of aliphatic hydroxyl groups excluding tert-OH is 1. The summed E-state index contributed by atoms with van der Waals surface area (Å²) in [5.74, 6) is -0.648. The van der Waals surface area contributed by atoms with Crippen LogP contribution < -0.4 is 4.74 Å². The zero-order valence-electron chi connectivity index (χ0n) is 17.1. The molecule has 29 heavy (non-hydrogen) atoms. The molecule has 0 spiro atoms. The largest absolute Gasteiger partial charge is 0.507 e. The number of hydrogen-bond acceptors (Lipinski definition) is 4. The van der Waals surface area contributed by atoms with Crippen molar-refractivity contribution < 1.29 is 19.4 Å². The van der Waals surface area contributed by atoms with Crippen LogP contribution in [-0.2, 0) is 9.59 Å². The highest BCUT2D eigenvalue weighted by molar-refractivity contribution is 6.46.